The Hall–Kier alpha value is -1.68. The molecule has 0 amide bonds. The predicted octanol–water partition coefficient (Wildman–Crippen LogP) is 2.23. The second-order valence-corrected chi connectivity index (χ2v) is 4.91. The van der Waals surface area contributed by atoms with Crippen LogP contribution >= 0.6 is 0 Å². The fourth-order valence-electron chi connectivity index (χ4n) is 2.29. The molecule has 102 valence electrons. The van der Waals surface area contributed by atoms with Crippen LogP contribution in [0.2, 0.25) is 0 Å². The number of nitrogens with one attached hydrogen (secondary N) is 1. The average Bonchev–Trinajstić information content (AvgIpc) is 2.46. The minimum Gasteiger partial charge on any atom is -0.363 e. The quantitative estimate of drug-likeness (QED) is 0.796. The van der Waals surface area contributed by atoms with Crippen LogP contribution in [0.1, 0.15) is 24.8 Å². The van der Waals surface area contributed by atoms with Crippen molar-refractivity contribution in [1.82, 2.24) is 9.88 Å². The van der Waals surface area contributed by atoms with Crippen LogP contribution in [0.5, 0.6) is 0 Å². The highest BCUT2D eigenvalue weighted by molar-refractivity contribution is 5.92. The highest BCUT2D eigenvalue weighted by atomic mass is 16.1. The monoisotopic (exact) mass is 259 g/mol. The summed E-state index contributed by atoms with van der Waals surface area (Å²) in [6, 6.07) is 4.06. The van der Waals surface area contributed by atoms with Gasteiger partial charge in [-0.2, -0.15) is 0 Å². The van der Waals surface area contributed by atoms with E-state index < -0.39 is 0 Å². The Morgan fingerprint density at radius 3 is 2.95 bits per heavy atom. The zero-order valence-electron chi connectivity index (χ0n) is 11.3. The minimum atomic E-state index is -0.0248. The molecular formula is C15H21N3O. The maximum atomic E-state index is 11.2. The third-order valence-electron chi connectivity index (χ3n) is 3.35. The van der Waals surface area contributed by atoms with Crippen molar-refractivity contribution in [3.8, 4) is 0 Å². The third-order valence-corrected chi connectivity index (χ3v) is 3.35. The maximum Gasteiger partial charge on any atom is 0.174 e. The molecule has 1 saturated heterocycles. The molecule has 0 bridgehead atoms. The van der Waals surface area contributed by atoms with Crippen molar-refractivity contribution in [3.63, 3.8) is 0 Å². The summed E-state index contributed by atoms with van der Waals surface area (Å²) >= 11 is 0. The number of piperidine rings is 1. The van der Waals surface area contributed by atoms with Gasteiger partial charge in [-0.25, -0.2) is 4.98 Å². The fourth-order valence-corrected chi connectivity index (χ4v) is 2.29. The first kappa shape index (κ1) is 13.7. The second kappa shape index (κ2) is 7.04. The number of likely N-dealkylation sites (tertiary alicyclic amines) is 1. The van der Waals surface area contributed by atoms with Crippen molar-refractivity contribution in [2.45, 2.75) is 25.8 Å². The van der Waals surface area contributed by atoms with Crippen LogP contribution in [-0.4, -0.2) is 35.3 Å². The van der Waals surface area contributed by atoms with Gasteiger partial charge < -0.3 is 5.32 Å². The molecule has 0 atom stereocenters. The number of rotatable bonds is 6. The van der Waals surface area contributed by atoms with Crippen LogP contribution in [0.15, 0.2) is 31.0 Å². The van der Waals surface area contributed by atoms with Crippen molar-refractivity contribution in [3.05, 3.63) is 36.5 Å². The number of anilines is 1. The van der Waals surface area contributed by atoms with Crippen LogP contribution in [0, 0.1) is 0 Å². The molecule has 2 rings (SSSR count). The summed E-state index contributed by atoms with van der Waals surface area (Å²) in [7, 11) is 0. The minimum absolute atomic E-state index is 0.0248. The molecule has 1 aliphatic rings. The lowest BCUT2D eigenvalue weighted by Crippen LogP contribution is -2.29. The third kappa shape index (κ3) is 4.48. The average molecular weight is 259 g/mol. The Kier molecular flexibility index (Phi) is 5.10. The van der Waals surface area contributed by atoms with Gasteiger partial charge in [0, 0.05) is 12.7 Å². The van der Waals surface area contributed by atoms with Gasteiger partial charge in [0.15, 0.2) is 5.78 Å². The summed E-state index contributed by atoms with van der Waals surface area (Å²) in [5, 5.41) is 3.02. The number of pyridine rings is 1. The summed E-state index contributed by atoms with van der Waals surface area (Å²) in [5.74, 6) is 0.730. The zero-order chi connectivity index (χ0) is 13.5. The molecule has 1 aromatic rings. The summed E-state index contributed by atoms with van der Waals surface area (Å²) in [4.78, 5) is 17.9. The van der Waals surface area contributed by atoms with E-state index in [4.69, 9.17) is 0 Å². The van der Waals surface area contributed by atoms with E-state index in [1.807, 2.05) is 12.1 Å². The van der Waals surface area contributed by atoms with Gasteiger partial charge in [-0.3, -0.25) is 9.69 Å². The molecule has 0 spiro atoms. The van der Waals surface area contributed by atoms with Crippen LogP contribution in [0.3, 0.4) is 0 Å². The van der Waals surface area contributed by atoms with E-state index in [1.165, 1.54) is 44.0 Å². The van der Waals surface area contributed by atoms with Gasteiger partial charge in [-0.1, -0.05) is 13.0 Å². The summed E-state index contributed by atoms with van der Waals surface area (Å²) < 4.78 is 0. The molecule has 0 radical (unpaired) electrons. The zero-order valence-corrected chi connectivity index (χ0v) is 11.3. The topological polar surface area (TPSA) is 45.2 Å². The van der Waals surface area contributed by atoms with Gasteiger partial charge in [0.1, 0.15) is 5.82 Å². The molecule has 4 heteroatoms. The van der Waals surface area contributed by atoms with Crippen molar-refractivity contribution in [1.29, 1.82) is 0 Å². The standard InChI is InChI=1S/C15H21N3O/c1-2-14(19)11-17-15-10-13(6-7-16-15)12-18-8-4-3-5-9-18/h2,6-7,10H,1,3-5,8-9,11-12H2,(H,16,17). The van der Waals surface area contributed by atoms with Gasteiger partial charge in [-0.15, -0.1) is 0 Å². The second-order valence-electron chi connectivity index (χ2n) is 4.91. The highest BCUT2D eigenvalue weighted by Crippen LogP contribution is 2.14. The maximum absolute atomic E-state index is 11.2. The fraction of sp³-hybridized carbons (Fsp3) is 0.467. The predicted molar refractivity (Wildman–Crippen MR) is 77.1 cm³/mol. The molecule has 1 aliphatic heterocycles. The molecule has 4 nitrogen and oxygen atoms in total. The Bertz CT molecular complexity index is 439. The van der Waals surface area contributed by atoms with E-state index >= 15 is 0 Å². The van der Waals surface area contributed by atoms with Gasteiger partial charge in [0.25, 0.3) is 0 Å². The van der Waals surface area contributed by atoms with E-state index in [1.54, 1.807) is 6.20 Å². The van der Waals surface area contributed by atoms with Gasteiger partial charge in [0.2, 0.25) is 0 Å². The van der Waals surface area contributed by atoms with E-state index in [0.717, 1.165) is 12.4 Å². The Morgan fingerprint density at radius 1 is 1.42 bits per heavy atom. The lowest BCUT2D eigenvalue weighted by molar-refractivity contribution is -0.113. The van der Waals surface area contributed by atoms with Crippen LogP contribution in [0.25, 0.3) is 0 Å². The van der Waals surface area contributed by atoms with Crippen LogP contribution < -0.4 is 5.32 Å². The highest BCUT2D eigenvalue weighted by Gasteiger charge is 2.10. The lowest BCUT2D eigenvalue weighted by atomic mass is 10.1. The molecule has 0 saturated carbocycles. The van der Waals surface area contributed by atoms with Gasteiger partial charge >= 0.3 is 0 Å². The molecule has 0 unspecified atom stereocenters. The van der Waals surface area contributed by atoms with Crippen molar-refractivity contribution >= 4 is 11.6 Å². The van der Waals surface area contributed by atoms with Gasteiger partial charge in [0.05, 0.1) is 6.54 Å². The first-order chi connectivity index (χ1) is 9.28. The van der Waals surface area contributed by atoms with Crippen LogP contribution in [-0.2, 0) is 11.3 Å². The first-order valence-electron chi connectivity index (χ1n) is 6.84. The first-order valence-corrected chi connectivity index (χ1v) is 6.84. The number of hydrogen-bond acceptors (Lipinski definition) is 4. The lowest BCUT2D eigenvalue weighted by Gasteiger charge is -2.26. The van der Waals surface area contributed by atoms with Crippen molar-refractivity contribution in [2.24, 2.45) is 0 Å². The van der Waals surface area contributed by atoms with E-state index in [0.29, 0.717) is 0 Å². The Labute approximate surface area is 114 Å². The smallest absolute Gasteiger partial charge is 0.174 e. The number of nitrogens with zero attached hydrogens (tertiary/aromatic N) is 2. The molecule has 19 heavy (non-hydrogen) atoms. The Morgan fingerprint density at radius 2 is 2.21 bits per heavy atom. The molecule has 1 aromatic heterocycles. The summed E-state index contributed by atoms with van der Waals surface area (Å²) in [5.41, 5.74) is 1.24. The number of aromatic nitrogens is 1. The van der Waals surface area contributed by atoms with Crippen molar-refractivity contribution < 1.29 is 4.79 Å². The molecule has 0 aliphatic carbocycles. The number of hydrogen-bond donors (Lipinski definition) is 1. The summed E-state index contributed by atoms with van der Waals surface area (Å²) in [6.45, 7) is 7.03. The van der Waals surface area contributed by atoms with Crippen LogP contribution in [0.4, 0.5) is 5.82 Å². The molecule has 1 N–H and O–H groups in total. The SMILES string of the molecule is C=CC(=O)CNc1cc(CN2CCCCC2)ccn1. The van der Waals surface area contributed by atoms with Gasteiger partial charge in [-0.05, 0) is 49.7 Å². The Balaban J connectivity index is 1.90. The number of ketones is 1. The van der Waals surface area contributed by atoms with E-state index in [-0.39, 0.29) is 12.3 Å². The van der Waals surface area contributed by atoms with E-state index in [9.17, 15) is 4.79 Å². The number of carbonyl (C=O) groups is 1. The largest absolute Gasteiger partial charge is 0.363 e. The normalized spacial score (nSPS) is 16.0. The molecular weight excluding hydrogens is 238 g/mol. The number of carbonyl (C=O) groups excluding carboxylic acids is 1. The molecule has 0 aromatic carbocycles. The molecule has 1 fully saturated rings. The van der Waals surface area contributed by atoms with E-state index in [2.05, 4.69) is 21.8 Å². The molecule has 2 heterocycles. The van der Waals surface area contributed by atoms with Crippen molar-refractivity contribution in [2.75, 3.05) is 25.0 Å². The summed E-state index contributed by atoms with van der Waals surface area (Å²) in [6.07, 6.45) is 7.06.